The van der Waals surface area contributed by atoms with Crippen LogP contribution >= 0.6 is 0 Å². The molecule has 452 valence electrons. The molecule has 0 aromatic carbocycles. The number of hydrogen-bond donors (Lipinski definition) is 0. The minimum absolute atomic E-state index is 0.0664. The number of unbranched alkanes of at least 4 members (excludes halogenated alkanes) is 47. The average Bonchev–Trinajstić information content (AvgIpc) is 3.43. The van der Waals surface area contributed by atoms with Gasteiger partial charge in [0.05, 0.1) is 0 Å². The summed E-state index contributed by atoms with van der Waals surface area (Å²) in [5.74, 6) is -0.850. The zero-order valence-electron chi connectivity index (χ0n) is 52.0. The van der Waals surface area contributed by atoms with Crippen LogP contribution in [0.4, 0.5) is 0 Å². The third-order valence-electron chi connectivity index (χ3n) is 15.6. The molecule has 0 N–H and O–H groups in total. The fraction of sp³-hybridized carbons (Fsp3) is 0.873. The summed E-state index contributed by atoms with van der Waals surface area (Å²) in [4.78, 5) is 38.1. The van der Waals surface area contributed by atoms with E-state index in [4.69, 9.17) is 14.2 Å². The van der Waals surface area contributed by atoms with Gasteiger partial charge in [-0.15, -0.1) is 0 Å². The highest BCUT2D eigenvalue weighted by molar-refractivity contribution is 5.71. The van der Waals surface area contributed by atoms with Gasteiger partial charge >= 0.3 is 17.9 Å². The SMILES string of the molecule is CCCCCCC/C=C\C/C=C\C/C=C\CCCCCCCCCCCCCCCCCCC(=O)OCC(COC(=O)CCCCCCCC)OC(=O)CCCCCCCCCCCCCCCCCCCCCCCC. The Balaban J connectivity index is 3.97. The van der Waals surface area contributed by atoms with Crippen LogP contribution in [0.3, 0.4) is 0 Å². The van der Waals surface area contributed by atoms with E-state index in [0.717, 1.165) is 70.6 Å². The molecule has 0 fully saturated rings. The van der Waals surface area contributed by atoms with Gasteiger partial charge in [-0.1, -0.05) is 340 Å². The van der Waals surface area contributed by atoms with E-state index in [9.17, 15) is 14.4 Å². The molecule has 0 heterocycles. The first kappa shape index (κ1) is 74.6. The lowest BCUT2D eigenvalue weighted by atomic mass is 10.0. The van der Waals surface area contributed by atoms with Crippen LogP contribution in [-0.4, -0.2) is 37.2 Å². The molecule has 6 nitrogen and oxygen atoms in total. The van der Waals surface area contributed by atoms with Crippen LogP contribution in [-0.2, 0) is 28.6 Å². The van der Waals surface area contributed by atoms with E-state index in [1.807, 2.05) is 0 Å². The van der Waals surface area contributed by atoms with Crippen molar-refractivity contribution in [1.29, 1.82) is 0 Å². The largest absolute Gasteiger partial charge is 0.462 e. The lowest BCUT2D eigenvalue weighted by Gasteiger charge is -2.18. The van der Waals surface area contributed by atoms with Crippen molar-refractivity contribution in [1.82, 2.24) is 0 Å². The van der Waals surface area contributed by atoms with Gasteiger partial charge < -0.3 is 14.2 Å². The van der Waals surface area contributed by atoms with Crippen LogP contribution in [0.1, 0.15) is 380 Å². The molecule has 0 aromatic heterocycles. The number of allylic oxidation sites excluding steroid dienone is 6. The molecule has 77 heavy (non-hydrogen) atoms. The Morgan fingerprint density at radius 1 is 0.260 bits per heavy atom. The fourth-order valence-corrected chi connectivity index (χ4v) is 10.5. The van der Waals surface area contributed by atoms with Crippen molar-refractivity contribution in [2.24, 2.45) is 0 Å². The van der Waals surface area contributed by atoms with Crippen molar-refractivity contribution in [2.45, 2.75) is 386 Å². The first-order chi connectivity index (χ1) is 38.0. The molecule has 0 aromatic rings. The molecular formula is C71H132O6. The van der Waals surface area contributed by atoms with Crippen molar-refractivity contribution < 1.29 is 28.6 Å². The predicted octanol–water partition coefficient (Wildman–Crippen LogP) is 23.6. The highest BCUT2D eigenvalue weighted by Gasteiger charge is 2.19. The van der Waals surface area contributed by atoms with Gasteiger partial charge in [-0.05, 0) is 57.8 Å². The summed E-state index contributed by atoms with van der Waals surface area (Å²) in [6.45, 7) is 6.64. The normalized spacial score (nSPS) is 12.2. The molecule has 0 aliphatic heterocycles. The highest BCUT2D eigenvalue weighted by atomic mass is 16.6. The second-order valence-electron chi connectivity index (χ2n) is 23.5. The second kappa shape index (κ2) is 66.1. The van der Waals surface area contributed by atoms with E-state index in [-0.39, 0.29) is 31.1 Å². The summed E-state index contributed by atoms with van der Waals surface area (Å²) in [5, 5.41) is 0. The van der Waals surface area contributed by atoms with Gasteiger partial charge in [0.2, 0.25) is 0 Å². The molecule has 0 radical (unpaired) electrons. The number of ether oxygens (including phenoxy) is 3. The van der Waals surface area contributed by atoms with Gasteiger partial charge in [-0.25, -0.2) is 0 Å². The van der Waals surface area contributed by atoms with Crippen LogP contribution in [0.2, 0.25) is 0 Å². The van der Waals surface area contributed by atoms with E-state index in [2.05, 4.69) is 57.2 Å². The minimum Gasteiger partial charge on any atom is -0.462 e. The summed E-state index contributed by atoms with van der Waals surface area (Å²) in [6.07, 6.45) is 82.1. The summed E-state index contributed by atoms with van der Waals surface area (Å²) >= 11 is 0. The Kier molecular flexibility index (Phi) is 64.1. The van der Waals surface area contributed by atoms with Crippen LogP contribution < -0.4 is 0 Å². The number of carbonyl (C=O) groups excluding carboxylic acids is 3. The van der Waals surface area contributed by atoms with Crippen LogP contribution in [0.5, 0.6) is 0 Å². The maximum atomic E-state index is 12.9. The molecule has 0 amide bonds. The van der Waals surface area contributed by atoms with E-state index in [1.54, 1.807) is 0 Å². The van der Waals surface area contributed by atoms with Crippen molar-refractivity contribution in [2.75, 3.05) is 13.2 Å². The first-order valence-electron chi connectivity index (χ1n) is 34.5. The molecule has 0 bridgehead atoms. The molecule has 1 unspecified atom stereocenters. The lowest BCUT2D eigenvalue weighted by molar-refractivity contribution is -0.167. The number of rotatable bonds is 64. The zero-order valence-corrected chi connectivity index (χ0v) is 52.0. The summed E-state index contributed by atoms with van der Waals surface area (Å²) in [7, 11) is 0. The maximum Gasteiger partial charge on any atom is 0.306 e. The van der Waals surface area contributed by atoms with Gasteiger partial charge in [0, 0.05) is 19.3 Å². The Bertz CT molecular complexity index is 1290. The Hall–Kier alpha value is -2.37. The maximum absolute atomic E-state index is 12.9. The molecular weight excluding hydrogens is 949 g/mol. The van der Waals surface area contributed by atoms with Gasteiger partial charge in [-0.3, -0.25) is 14.4 Å². The Labute approximate surface area is 480 Å². The average molecular weight is 1080 g/mol. The van der Waals surface area contributed by atoms with Crippen LogP contribution in [0.15, 0.2) is 36.5 Å². The van der Waals surface area contributed by atoms with E-state index >= 15 is 0 Å². The highest BCUT2D eigenvalue weighted by Crippen LogP contribution is 2.18. The molecule has 1 atom stereocenters. The number of hydrogen-bond acceptors (Lipinski definition) is 6. The van der Waals surface area contributed by atoms with E-state index in [1.165, 1.54) is 270 Å². The van der Waals surface area contributed by atoms with Crippen molar-refractivity contribution in [3.8, 4) is 0 Å². The topological polar surface area (TPSA) is 78.9 Å². The smallest absolute Gasteiger partial charge is 0.306 e. The molecule has 0 aliphatic rings. The Morgan fingerprint density at radius 3 is 0.727 bits per heavy atom. The fourth-order valence-electron chi connectivity index (χ4n) is 10.5. The van der Waals surface area contributed by atoms with Gasteiger partial charge in [0.25, 0.3) is 0 Å². The zero-order chi connectivity index (χ0) is 55.7. The van der Waals surface area contributed by atoms with Crippen molar-refractivity contribution in [3.05, 3.63) is 36.5 Å². The summed E-state index contributed by atoms with van der Waals surface area (Å²) in [5.41, 5.74) is 0. The number of carbonyl (C=O) groups is 3. The summed E-state index contributed by atoms with van der Waals surface area (Å²) in [6, 6.07) is 0. The molecule has 0 saturated carbocycles. The first-order valence-corrected chi connectivity index (χ1v) is 34.5. The molecule has 0 spiro atoms. The lowest BCUT2D eigenvalue weighted by Crippen LogP contribution is -2.30. The summed E-state index contributed by atoms with van der Waals surface area (Å²) < 4.78 is 16.9. The van der Waals surface area contributed by atoms with E-state index in [0.29, 0.717) is 19.3 Å². The molecule has 6 heteroatoms. The standard InChI is InChI=1S/C71H132O6/c1-4-7-10-13-16-18-20-22-24-26-28-30-32-33-34-35-36-37-38-39-40-42-43-45-47-49-51-53-55-58-61-64-70(73)76-67-68(66-75-69(72)63-60-57-15-12-9-6-3)77-71(74)65-62-59-56-54-52-50-48-46-44-41-31-29-27-25-23-21-19-17-14-11-8-5-2/h20,22,26,28,32-33,68H,4-19,21,23-25,27,29-31,34-67H2,1-3H3/b22-20-,28-26-,33-32-. The monoisotopic (exact) mass is 1080 g/mol. The third kappa shape index (κ3) is 64.3. The van der Waals surface area contributed by atoms with Crippen molar-refractivity contribution in [3.63, 3.8) is 0 Å². The van der Waals surface area contributed by atoms with E-state index < -0.39 is 6.10 Å². The molecule has 0 rings (SSSR count). The quantitative estimate of drug-likeness (QED) is 0.0261. The van der Waals surface area contributed by atoms with Crippen molar-refractivity contribution >= 4 is 17.9 Å². The molecule has 0 saturated heterocycles. The van der Waals surface area contributed by atoms with Crippen LogP contribution in [0.25, 0.3) is 0 Å². The van der Waals surface area contributed by atoms with Gasteiger partial charge in [-0.2, -0.15) is 0 Å². The minimum atomic E-state index is -0.766. The van der Waals surface area contributed by atoms with Crippen LogP contribution in [0, 0.1) is 0 Å². The molecule has 0 aliphatic carbocycles. The Morgan fingerprint density at radius 2 is 0.468 bits per heavy atom. The third-order valence-corrected chi connectivity index (χ3v) is 15.6. The van der Waals surface area contributed by atoms with Gasteiger partial charge in [0.15, 0.2) is 6.10 Å². The predicted molar refractivity (Wildman–Crippen MR) is 335 cm³/mol. The number of esters is 3. The van der Waals surface area contributed by atoms with Gasteiger partial charge in [0.1, 0.15) is 13.2 Å². The second-order valence-corrected chi connectivity index (χ2v) is 23.5.